The summed E-state index contributed by atoms with van der Waals surface area (Å²) in [7, 11) is 2.09. The van der Waals surface area contributed by atoms with Gasteiger partial charge in [-0.25, -0.2) is 4.58 Å². The van der Waals surface area contributed by atoms with Gasteiger partial charge in [-0.15, -0.1) is 0 Å². The van der Waals surface area contributed by atoms with E-state index in [9.17, 15) is 0 Å². The lowest BCUT2D eigenvalue weighted by Gasteiger charge is -2.28. The van der Waals surface area contributed by atoms with Crippen molar-refractivity contribution in [3.63, 3.8) is 0 Å². The molecular weight excluding hydrogens is 298 g/mol. The second kappa shape index (κ2) is 3.96. The highest BCUT2D eigenvalue weighted by molar-refractivity contribution is 6.24. The van der Waals surface area contributed by atoms with E-state index in [1.807, 2.05) is 12.6 Å². The molecule has 3 aliphatic rings. The second-order valence-electron chi connectivity index (χ2n) is 6.80. The molecule has 4 heterocycles. The highest BCUT2D eigenvalue weighted by atomic mass is 16.5. The number of nitrogens with zero attached hydrogens (tertiary/aromatic N) is 3. The Kier molecular flexibility index (Phi) is 2.07. The van der Waals surface area contributed by atoms with Crippen LogP contribution in [0.4, 0.5) is 0 Å². The first-order valence-corrected chi connectivity index (χ1v) is 8.27. The maximum absolute atomic E-state index is 5.86. The molecule has 3 aromatic rings. The monoisotopic (exact) mass is 314 g/mol. The Balaban J connectivity index is 1.91. The quantitative estimate of drug-likeness (QED) is 0.585. The molecule has 2 unspecified atom stereocenters. The number of rotatable bonds is 0. The van der Waals surface area contributed by atoms with E-state index in [0.29, 0.717) is 0 Å². The summed E-state index contributed by atoms with van der Waals surface area (Å²) in [6, 6.07) is 10.9. The zero-order valence-electron chi connectivity index (χ0n) is 13.5. The minimum atomic E-state index is -0.136. The number of fused-ring (bicyclic) bond motifs is 4. The molecule has 0 radical (unpaired) electrons. The van der Waals surface area contributed by atoms with E-state index in [2.05, 4.69) is 64.6 Å². The van der Waals surface area contributed by atoms with E-state index >= 15 is 0 Å². The molecule has 4 nitrogen and oxygen atoms in total. The van der Waals surface area contributed by atoms with E-state index < -0.39 is 0 Å². The van der Waals surface area contributed by atoms with E-state index in [0.717, 1.165) is 0 Å². The average molecular weight is 314 g/mol. The molecule has 0 fully saturated rings. The molecule has 0 saturated carbocycles. The van der Waals surface area contributed by atoms with Crippen LogP contribution in [0.3, 0.4) is 0 Å². The van der Waals surface area contributed by atoms with Crippen molar-refractivity contribution >= 4 is 39.4 Å². The molecule has 0 saturated heterocycles. The van der Waals surface area contributed by atoms with Gasteiger partial charge in [0.2, 0.25) is 0 Å². The van der Waals surface area contributed by atoms with Gasteiger partial charge in [0, 0.05) is 17.1 Å². The third-order valence-electron chi connectivity index (χ3n) is 5.65. The predicted octanol–water partition coefficient (Wildman–Crippen LogP) is 3.36. The Hall–Kier alpha value is -2.88. The molecule has 0 bridgehead atoms. The highest BCUT2D eigenvalue weighted by Gasteiger charge is 2.49. The zero-order valence-corrected chi connectivity index (χ0v) is 13.5. The zero-order chi connectivity index (χ0) is 16.0. The molecule has 24 heavy (non-hydrogen) atoms. The fourth-order valence-corrected chi connectivity index (χ4v) is 4.61. The van der Waals surface area contributed by atoms with Gasteiger partial charge in [0.1, 0.15) is 17.9 Å². The lowest BCUT2D eigenvalue weighted by Crippen LogP contribution is -2.40. The van der Waals surface area contributed by atoms with Crippen molar-refractivity contribution < 1.29 is 9.31 Å². The number of aliphatic imine (C=N–C) groups is 1. The van der Waals surface area contributed by atoms with Crippen molar-refractivity contribution in [1.82, 2.24) is 4.57 Å². The molecule has 2 atom stereocenters. The molecule has 4 heteroatoms. The molecular formula is C20H16N3O+. The molecule has 1 aromatic heterocycles. The third-order valence-corrected chi connectivity index (χ3v) is 5.65. The van der Waals surface area contributed by atoms with Crippen LogP contribution >= 0.6 is 0 Å². The van der Waals surface area contributed by atoms with Crippen LogP contribution in [0.5, 0.6) is 0 Å². The summed E-state index contributed by atoms with van der Waals surface area (Å²) in [6.45, 7) is 2.24. The minimum absolute atomic E-state index is 0.136. The third kappa shape index (κ3) is 1.24. The summed E-state index contributed by atoms with van der Waals surface area (Å²) >= 11 is 0. The summed E-state index contributed by atoms with van der Waals surface area (Å²) in [5.74, 6) is 0.169. The normalized spacial score (nSPS) is 23.7. The van der Waals surface area contributed by atoms with Crippen molar-refractivity contribution in [3.8, 4) is 0 Å². The van der Waals surface area contributed by atoms with Crippen LogP contribution in [-0.4, -0.2) is 34.5 Å². The van der Waals surface area contributed by atoms with Crippen LogP contribution in [0.25, 0.3) is 27.4 Å². The molecule has 6 rings (SSSR count). The average Bonchev–Trinajstić information content (AvgIpc) is 3.22. The van der Waals surface area contributed by atoms with E-state index in [4.69, 9.17) is 4.74 Å². The number of ether oxygens (including phenoxy) is 1. The van der Waals surface area contributed by atoms with Crippen LogP contribution in [-0.2, 0) is 4.74 Å². The fourth-order valence-electron chi connectivity index (χ4n) is 4.61. The maximum Gasteiger partial charge on any atom is 0.294 e. The topological polar surface area (TPSA) is 29.5 Å². The summed E-state index contributed by atoms with van der Waals surface area (Å²) in [5, 5.41) is 3.94. The molecule has 0 aliphatic carbocycles. The van der Waals surface area contributed by atoms with E-state index in [1.54, 1.807) is 0 Å². The fraction of sp³-hybridized carbons (Fsp3) is 0.200. The summed E-state index contributed by atoms with van der Waals surface area (Å²) < 4.78 is 10.3. The number of hydrogen-bond acceptors (Lipinski definition) is 2. The van der Waals surface area contributed by atoms with Crippen molar-refractivity contribution in [2.45, 2.75) is 13.2 Å². The Morgan fingerprint density at radius 2 is 1.96 bits per heavy atom. The minimum Gasteiger partial charge on any atom is -0.453 e. The first-order chi connectivity index (χ1) is 11.8. The predicted molar refractivity (Wildman–Crippen MR) is 95.6 cm³/mol. The summed E-state index contributed by atoms with van der Waals surface area (Å²) in [4.78, 5) is 4.56. The first kappa shape index (κ1) is 12.5. The van der Waals surface area contributed by atoms with Gasteiger partial charge < -0.3 is 9.30 Å². The van der Waals surface area contributed by atoms with Gasteiger partial charge in [-0.05, 0) is 34.3 Å². The van der Waals surface area contributed by atoms with Crippen molar-refractivity contribution in [1.29, 1.82) is 0 Å². The summed E-state index contributed by atoms with van der Waals surface area (Å²) in [6.07, 6.45) is 5.82. The van der Waals surface area contributed by atoms with Crippen molar-refractivity contribution in [2.24, 2.45) is 10.9 Å². The molecule has 0 N–H and O–H groups in total. The van der Waals surface area contributed by atoms with Gasteiger partial charge >= 0.3 is 0 Å². The lowest BCUT2D eigenvalue weighted by atomic mass is 9.83. The lowest BCUT2D eigenvalue weighted by molar-refractivity contribution is -0.366. The Morgan fingerprint density at radius 1 is 1.12 bits per heavy atom. The van der Waals surface area contributed by atoms with Crippen LogP contribution < -0.4 is 0 Å². The van der Waals surface area contributed by atoms with Crippen LogP contribution in [0.15, 0.2) is 47.8 Å². The van der Waals surface area contributed by atoms with Crippen molar-refractivity contribution in [2.75, 3.05) is 7.05 Å². The second-order valence-corrected chi connectivity index (χ2v) is 6.80. The number of aryl methyl sites for hydroxylation is 1. The van der Waals surface area contributed by atoms with Crippen LogP contribution in [0.1, 0.15) is 11.1 Å². The Morgan fingerprint density at radius 3 is 2.83 bits per heavy atom. The Bertz CT molecular complexity index is 1160. The van der Waals surface area contributed by atoms with Crippen LogP contribution in [0.2, 0.25) is 0 Å². The maximum atomic E-state index is 5.86. The van der Waals surface area contributed by atoms with Gasteiger partial charge in [-0.1, -0.05) is 24.3 Å². The molecule has 3 aliphatic heterocycles. The molecule has 0 amide bonds. The molecule has 0 spiro atoms. The van der Waals surface area contributed by atoms with Gasteiger partial charge in [-0.3, -0.25) is 0 Å². The largest absolute Gasteiger partial charge is 0.453 e. The first-order valence-electron chi connectivity index (χ1n) is 8.27. The Labute approximate surface area is 139 Å². The number of benzene rings is 2. The SMILES string of the molecule is Cc1c2c3c(ccn3C3=COC4N=C[N+](C)=C2C34)c2ccccc12. The molecule has 2 aromatic carbocycles. The summed E-state index contributed by atoms with van der Waals surface area (Å²) in [5.41, 5.74) is 6.45. The number of hydrogen-bond donors (Lipinski definition) is 0. The smallest absolute Gasteiger partial charge is 0.294 e. The number of aromatic nitrogens is 1. The van der Waals surface area contributed by atoms with Crippen molar-refractivity contribution in [3.05, 3.63) is 53.9 Å². The molecule has 116 valence electrons. The van der Waals surface area contributed by atoms with Gasteiger partial charge in [-0.2, -0.15) is 0 Å². The van der Waals surface area contributed by atoms with Gasteiger partial charge in [0.05, 0.1) is 18.3 Å². The highest BCUT2D eigenvalue weighted by Crippen LogP contribution is 2.45. The van der Waals surface area contributed by atoms with E-state index in [1.165, 1.54) is 44.2 Å². The van der Waals surface area contributed by atoms with Gasteiger partial charge in [0.25, 0.3) is 12.6 Å². The van der Waals surface area contributed by atoms with E-state index in [-0.39, 0.29) is 12.1 Å². The van der Waals surface area contributed by atoms with Crippen LogP contribution in [0, 0.1) is 12.8 Å². The standard InChI is InChI=1S/C20H16N3O/c1-11-12-5-3-4-6-13(12)14-7-8-23-15-9-24-20-17(15)19(16(11)18(14)23)22(2)10-21-20/h3-10,17,20H,1-2H3/q+1. The van der Waals surface area contributed by atoms with Gasteiger partial charge in [0.15, 0.2) is 0 Å².